The van der Waals surface area contributed by atoms with Crippen LogP contribution in [0.3, 0.4) is 0 Å². The van der Waals surface area contributed by atoms with E-state index in [0.717, 1.165) is 31.9 Å². The third-order valence-corrected chi connectivity index (χ3v) is 7.98. The van der Waals surface area contributed by atoms with Gasteiger partial charge in [-0.25, -0.2) is 18.7 Å². The number of nitrogens with zero attached hydrogens (tertiary/aromatic N) is 5. The molecule has 5 rings (SSSR count). The van der Waals surface area contributed by atoms with E-state index in [1.807, 2.05) is 6.07 Å². The molecule has 0 spiro atoms. The molecule has 0 unspecified atom stereocenters. The highest BCUT2D eigenvalue weighted by Crippen LogP contribution is 2.30. The van der Waals surface area contributed by atoms with Crippen molar-refractivity contribution in [1.82, 2.24) is 19.8 Å². The first-order valence-corrected chi connectivity index (χ1v) is 13.8. The van der Waals surface area contributed by atoms with Crippen molar-refractivity contribution in [1.29, 1.82) is 0 Å². The van der Waals surface area contributed by atoms with Gasteiger partial charge in [0.25, 0.3) is 0 Å². The molecule has 2 aliphatic rings. The van der Waals surface area contributed by atoms with Crippen molar-refractivity contribution >= 4 is 17.3 Å². The summed E-state index contributed by atoms with van der Waals surface area (Å²) in [7, 11) is 3.54. The Hall–Kier alpha value is -3.50. The van der Waals surface area contributed by atoms with E-state index in [2.05, 4.69) is 56.1 Å². The van der Waals surface area contributed by atoms with E-state index in [4.69, 9.17) is 9.47 Å². The monoisotopic (exact) mass is 552 g/mol. The number of hydrogen-bond acceptors (Lipinski definition) is 8. The molecular formula is C30H38F2N6O2. The number of rotatable bonds is 8. The molecule has 8 nitrogen and oxygen atoms in total. The average Bonchev–Trinajstić information content (AvgIpc) is 2.96. The Kier molecular flexibility index (Phi) is 8.66. The van der Waals surface area contributed by atoms with E-state index < -0.39 is 11.6 Å². The van der Waals surface area contributed by atoms with Crippen LogP contribution < -0.4 is 19.7 Å². The first-order valence-electron chi connectivity index (χ1n) is 13.8. The zero-order valence-electron chi connectivity index (χ0n) is 23.7. The van der Waals surface area contributed by atoms with Crippen LogP contribution in [0, 0.1) is 25.5 Å². The maximum Gasteiger partial charge on any atom is 0.227 e. The normalized spacial score (nSPS) is 17.2. The van der Waals surface area contributed by atoms with Crippen molar-refractivity contribution in [2.24, 2.45) is 0 Å². The fourth-order valence-corrected chi connectivity index (χ4v) is 5.57. The van der Waals surface area contributed by atoms with Crippen LogP contribution in [0.5, 0.6) is 11.5 Å². The number of ether oxygens (including phenoxy) is 2. The third kappa shape index (κ3) is 6.28. The van der Waals surface area contributed by atoms with Crippen LogP contribution in [0.1, 0.15) is 29.5 Å². The van der Waals surface area contributed by atoms with Crippen molar-refractivity contribution in [2.45, 2.75) is 39.3 Å². The maximum absolute atomic E-state index is 14.5. The Bertz CT molecular complexity index is 1310. The van der Waals surface area contributed by atoms with Crippen LogP contribution in [-0.4, -0.2) is 79.2 Å². The van der Waals surface area contributed by atoms with E-state index in [-0.39, 0.29) is 23.5 Å². The minimum absolute atomic E-state index is 0.0234. The van der Waals surface area contributed by atoms with Crippen molar-refractivity contribution in [3.8, 4) is 11.5 Å². The molecule has 40 heavy (non-hydrogen) atoms. The molecule has 1 aromatic heterocycles. The van der Waals surface area contributed by atoms with Crippen LogP contribution in [0.2, 0.25) is 0 Å². The highest BCUT2D eigenvalue weighted by Gasteiger charge is 2.27. The Balaban J connectivity index is 1.15. The molecule has 0 radical (unpaired) electrons. The van der Waals surface area contributed by atoms with Crippen LogP contribution in [0.25, 0.3) is 0 Å². The van der Waals surface area contributed by atoms with E-state index in [1.54, 1.807) is 6.92 Å². The second-order valence-electron chi connectivity index (χ2n) is 10.7. The molecule has 2 fully saturated rings. The highest BCUT2D eigenvalue weighted by atomic mass is 19.1. The summed E-state index contributed by atoms with van der Waals surface area (Å²) in [5.41, 5.74) is 3.43. The predicted molar refractivity (Wildman–Crippen MR) is 153 cm³/mol. The smallest absolute Gasteiger partial charge is 0.227 e. The van der Waals surface area contributed by atoms with Gasteiger partial charge < -0.3 is 24.6 Å². The molecule has 0 atom stereocenters. The summed E-state index contributed by atoms with van der Waals surface area (Å²) >= 11 is 0. The Morgan fingerprint density at radius 1 is 0.925 bits per heavy atom. The van der Waals surface area contributed by atoms with Gasteiger partial charge in [0.1, 0.15) is 12.4 Å². The number of aryl methyl sites for hydroxylation is 2. The van der Waals surface area contributed by atoms with Gasteiger partial charge in [0.05, 0.1) is 25.1 Å². The van der Waals surface area contributed by atoms with Gasteiger partial charge in [-0.2, -0.15) is 0 Å². The zero-order chi connectivity index (χ0) is 28.2. The molecule has 214 valence electrons. The summed E-state index contributed by atoms with van der Waals surface area (Å²) in [6.07, 6.45) is 5.35. The van der Waals surface area contributed by atoms with Gasteiger partial charge in [0.15, 0.2) is 17.3 Å². The van der Waals surface area contributed by atoms with E-state index in [9.17, 15) is 8.78 Å². The fourth-order valence-electron chi connectivity index (χ4n) is 5.57. The molecule has 0 saturated carbocycles. The number of piperidine rings is 1. The van der Waals surface area contributed by atoms with E-state index in [0.29, 0.717) is 17.7 Å². The number of aromatic nitrogens is 2. The topological polar surface area (TPSA) is 66.0 Å². The van der Waals surface area contributed by atoms with Crippen LogP contribution in [-0.2, 0) is 6.61 Å². The molecule has 2 aromatic carbocycles. The van der Waals surface area contributed by atoms with E-state index in [1.165, 1.54) is 62.8 Å². The molecule has 10 heteroatoms. The van der Waals surface area contributed by atoms with Crippen molar-refractivity contribution in [3.05, 3.63) is 65.0 Å². The second-order valence-corrected chi connectivity index (χ2v) is 10.7. The molecule has 2 aliphatic heterocycles. The van der Waals surface area contributed by atoms with Gasteiger partial charge in [-0.05, 0) is 69.1 Å². The summed E-state index contributed by atoms with van der Waals surface area (Å²) in [5, 5.41) is 3.23. The van der Waals surface area contributed by atoms with Crippen molar-refractivity contribution < 1.29 is 18.3 Å². The van der Waals surface area contributed by atoms with E-state index >= 15 is 0 Å². The lowest BCUT2D eigenvalue weighted by Gasteiger charge is -2.43. The minimum atomic E-state index is -0.775. The molecule has 3 heterocycles. The Labute approximate surface area is 234 Å². The molecule has 0 amide bonds. The first kappa shape index (κ1) is 28.0. The molecule has 0 aliphatic carbocycles. The number of piperazine rings is 1. The van der Waals surface area contributed by atoms with Crippen molar-refractivity contribution in [2.75, 3.05) is 63.6 Å². The van der Waals surface area contributed by atoms with Crippen LogP contribution in [0.15, 0.2) is 36.7 Å². The third-order valence-electron chi connectivity index (χ3n) is 7.98. The highest BCUT2D eigenvalue weighted by molar-refractivity contribution is 5.63. The standard InChI is InChI=1S/C30H38F2N6O2/c1-20-15-22(5-6-26(20)38-9-7-23(8-10-38)37-13-11-36(3)12-14-37)35-30-33-17-24(18-34-30)40-19-25-28(31)21(2)16-27(39-4)29(25)32/h5-6,15-18,23H,7-14,19H2,1-4H3,(H,33,34,35). The number of halogens is 2. The quantitative estimate of drug-likeness (QED) is 0.423. The summed E-state index contributed by atoms with van der Waals surface area (Å²) < 4.78 is 39.5. The number of anilines is 3. The maximum atomic E-state index is 14.5. The number of likely N-dealkylation sites (N-methyl/N-ethyl adjacent to an activating group) is 1. The average molecular weight is 553 g/mol. The van der Waals surface area contributed by atoms with Gasteiger partial charge in [0, 0.05) is 56.7 Å². The molecule has 2 saturated heterocycles. The SMILES string of the molecule is COc1cc(C)c(F)c(COc2cnc(Nc3ccc(N4CCC(N5CCN(C)CC5)CC4)c(C)c3)nc2)c1F. The van der Waals surface area contributed by atoms with Gasteiger partial charge in [-0.3, -0.25) is 4.90 Å². The predicted octanol–water partition coefficient (Wildman–Crippen LogP) is 4.92. The van der Waals surface area contributed by atoms with Crippen LogP contribution >= 0.6 is 0 Å². The largest absolute Gasteiger partial charge is 0.494 e. The molecule has 1 N–H and O–H groups in total. The van der Waals surface area contributed by atoms with Crippen molar-refractivity contribution in [3.63, 3.8) is 0 Å². The number of hydrogen-bond donors (Lipinski definition) is 1. The van der Waals surface area contributed by atoms with Gasteiger partial charge in [-0.15, -0.1) is 0 Å². The van der Waals surface area contributed by atoms with Gasteiger partial charge in [-0.1, -0.05) is 0 Å². The lowest BCUT2D eigenvalue weighted by atomic mass is 10.0. The Morgan fingerprint density at radius 3 is 2.27 bits per heavy atom. The van der Waals surface area contributed by atoms with Crippen LogP contribution in [0.4, 0.5) is 26.1 Å². The number of methoxy groups -OCH3 is 1. The number of benzene rings is 2. The second kappa shape index (κ2) is 12.3. The summed E-state index contributed by atoms with van der Waals surface area (Å²) in [5.74, 6) is -0.748. The first-order chi connectivity index (χ1) is 19.3. The lowest BCUT2D eigenvalue weighted by molar-refractivity contribution is 0.0982. The molecule has 0 bridgehead atoms. The molecular weight excluding hydrogens is 514 g/mol. The summed E-state index contributed by atoms with van der Waals surface area (Å²) in [6, 6.07) is 8.31. The Morgan fingerprint density at radius 2 is 1.62 bits per heavy atom. The summed E-state index contributed by atoms with van der Waals surface area (Å²) in [6.45, 7) is 10.2. The molecule has 3 aromatic rings. The number of nitrogens with one attached hydrogen (secondary N) is 1. The zero-order valence-corrected chi connectivity index (χ0v) is 23.7. The van der Waals surface area contributed by atoms with Gasteiger partial charge in [0.2, 0.25) is 5.95 Å². The fraction of sp³-hybridized carbons (Fsp3) is 0.467. The summed E-state index contributed by atoms with van der Waals surface area (Å²) in [4.78, 5) is 16.2. The van der Waals surface area contributed by atoms with Gasteiger partial charge >= 0.3 is 0 Å². The lowest BCUT2D eigenvalue weighted by Crippen LogP contribution is -2.52. The minimum Gasteiger partial charge on any atom is -0.494 e.